The third-order valence-corrected chi connectivity index (χ3v) is 3.82. The van der Waals surface area contributed by atoms with E-state index < -0.39 is 0 Å². The number of methoxy groups -OCH3 is 1. The maximum atomic E-state index is 12.2. The highest BCUT2D eigenvalue weighted by atomic mass is 16.5. The van der Waals surface area contributed by atoms with Gasteiger partial charge < -0.3 is 4.74 Å². The molecule has 0 aliphatic rings. The molecule has 0 aromatic heterocycles. The molecule has 2 nitrogen and oxygen atoms in total. The minimum absolute atomic E-state index is 0.0847. The fraction of sp³-hybridized carbons (Fsp3) is 0.227. The number of benzene rings is 2. The largest absolute Gasteiger partial charge is 0.497 e. The molecule has 0 radical (unpaired) electrons. The van der Waals surface area contributed by atoms with Crippen molar-refractivity contribution in [1.29, 1.82) is 0 Å². The van der Waals surface area contributed by atoms with Gasteiger partial charge in [-0.05, 0) is 48.3 Å². The number of ether oxygens (including phenoxy) is 1. The first kappa shape index (κ1) is 17.7. The summed E-state index contributed by atoms with van der Waals surface area (Å²) >= 11 is 0. The average molecular weight is 320 g/mol. The number of rotatable bonds is 7. The lowest BCUT2D eigenvalue weighted by molar-refractivity contribution is -0.113. The molecule has 2 aromatic carbocycles. The van der Waals surface area contributed by atoms with Crippen LogP contribution in [0.5, 0.6) is 5.75 Å². The molecule has 2 heteroatoms. The Bertz CT molecular complexity index is 722. The molecular weight excluding hydrogens is 296 g/mol. The van der Waals surface area contributed by atoms with Gasteiger partial charge in [0.2, 0.25) is 0 Å². The van der Waals surface area contributed by atoms with Crippen LogP contribution in [-0.2, 0) is 4.79 Å². The van der Waals surface area contributed by atoms with E-state index in [0.29, 0.717) is 0 Å². The summed E-state index contributed by atoms with van der Waals surface area (Å²) in [7, 11) is 1.65. The van der Waals surface area contributed by atoms with Gasteiger partial charge in [-0.2, -0.15) is 0 Å². The second-order valence-electron chi connectivity index (χ2n) is 5.66. The van der Waals surface area contributed by atoms with E-state index in [4.69, 9.17) is 4.74 Å². The van der Waals surface area contributed by atoms with Crippen molar-refractivity contribution in [1.82, 2.24) is 0 Å². The summed E-state index contributed by atoms with van der Waals surface area (Å²) in [4.78, 5) is 12.2. The van der Waals surface area contributed by atoms with Crippen molar-refractivity contribution in [3.8, 4) is 5.75 Å². The van der Waals surface area contributed by atoms with E-state index in [1.165, 1.54) is 0 Å². The van der Waals surface area contributed by atoms with Crippen LogP contribution < -0.4 is 4.74 Å². The van der Waals surface area contributed by atoms with Crippen LogP contribution in [0.3, 0.4) is 0 Å². The number of allylic oxidation sites excluding steroid dienone is 3. The van der Waals surface area contributed by atoms with E-state index in [1.54, 1.807) is 14.0 Å². The molecule has 0 aliphatic carbocycles. The maximum Gasteiger partial charge on any atom is 0.160 e. The number of hydrogen-bond acceptors (Lipinski definition) is 2. The van der Waals surface area contributed by atoms with Crippen molar-refractivity contribution >= 4 is 17.4 Å². The van der Waals surface area contributed by atoms with E-state index in [0.717, 1.165) is 40.9 Å². The lowest BCUT2D eigenvalue weighted by Gasteiger charge is -2.12. The number of ketones is 1. The first-order chi connectivity index (χ1) is 11.7. The fourth-order valence-electron chi connectivity index (χ4n) is 2.54. The smallest absolute Gasteiger partial charge is 0.160 e. The lowest BCUT2D eigenvalue weighted by atomic mass is 9.92. The molecule has 24 heavy (non-hydrogen) atoms. The molecule has 0 spiro atoms. The van der Waals surface area contributed by atoms with Crippen molar-refractivity contribution < 1.29 is 9.53 Å². The van der Waals surface area contributed by atoms with Crippen molar-refractivity contribution in [3.63, 3.8) is 0 Å². The Morgan fingerprint density at radius 2 is 1.71 bits per heavy atom. The van der Waals surface area contributed by atoms with E-state index in [2.05, 4.69) is 13.0 Å². The Morgan fingerprint density at radius 3 is 2.25 bits per heavy atom. The molecule has 0 unspecified atom stereocenters. The van der Waals surface area contributed by atoms with Gasteiger partial charge >= 0.3 is 0 Å². The third kappa shape index (κ3) is 4.69. The topological polar surface area (TPSA) is 26.3 Å². The summed E-state index contributed by atoms with van der Waals surface area (Å²) in [6, 6.07) is 17.9. The number of hydrogen-bond donors (Lipinski definition) is 0. The summed E-state index contributed by atoms with van der Waals surface area (Å²) in [6.07, 6.45) is 6.02. The maximum absolute atomic E-state index is 12.2. The van der Waals surface area contributed by atoms with Gasteiger partial charge in [0.15, 0.2) is 5.78 Å². The normalized spacial score (nSPS) is 12.1. The average Bonchev–Trinajstić information content (AvgIpc) is 2.62. The van der Waals surface area contributed by atoms with Crippen molar-refractivity contribution in [2.24, 2.45) is 0 Å². The molecule has 0 atom stereocenters. The zero-order valence-corrected chi connectivity index (χ0v) is 14.6. The Hall–Kier alpha value is -2.61. The summed E-state index contributed by atoms with van der Waals surface area (Å²) in [5, 5.41) is 0. The zero-order chi connectivity index (χ0) is 17.4. The second kappa shape index (κ2) is 8.88. The monoisotopic (exact) mass is 320 g/mol. The van der Waals surface area contributed by atoms with Crippen molar-refractivity contribution in [2.75, 3.05) is 7.11 Å². The molecule has 2 rings (SSSR count). The minimum atomic E-state index is 0.0847. The minimum Gasteiger partial charge on any atom is -0.497 e. The van der Waals surface area contributed by atoms with Gasteiger partial charge in [0.25, 0.3) is 0 Å². The van der Waals surface area contributed by atoms with E-state index >= 15 is 0 Å². The van der Waals surface area contributed by atoms with Crippen molar-refractivity contribution in [2.45, 2.75) is 26.7 Å². The van der Waals surface area contributed by atoms with E-state index in [9.17, 15) is 4.79 Å². The molecule has 0 amide bonds. The summed E-state index contributed by atoms with van der Waals surface area (Å²) in [6.45, 7) is 3.74. The second-order valence-corrected chi connectivity index (χ2v) is 5.66. The molecule has 0 saturated heterocycles. The van der Waals surface area contributed by atoms with Gasteiger partial charge in [0, 0.05) is 5.57 Å². The zero-order valence-electron chi connectivity index (χ0n) is 14.6. The van der Waals surface area contributed by atoms with Gasteiger partial charge in [-0.1, -0.05) is 61.9 Å². The van der Waals surface area contributed by atoms with Crippen LogP contribution in [0.15, 0.2) is 66.2 Å². The van der Waals surface area contributed by atoms with Crippen LogP contribution in [0.2, 0.25) is 0 Å². The Kier molecular flexibility index (Phi) is 6.56. The molecule has 0 saturated carbocycles. The van der Waals surface area contributed by atoms with Crippen LogP contribution in [-0.4, -0.2) is 12.9 Å². The molecule has 0 aliphatic heterocycles. The third-order valence-electron chi connectivity index (χ3n) is 3.82. The van der Waals surface area contributed by atoms with Gasteiger partial charge in [0.05, 0.1) is 7.11 Å². The molecule has 0 bridgehead atoms. The molecule has 0 heterocycles. The van der Waals surface area contributed by atoms with Crippen LogP contribution in [0.25, 0.3) is 11.6 Å². The Labute approximate surface area is 144 Å². The Morgan fingerprint density at radius 1 is 1.04 bits per heavy atom. The first-order valence-electron chi connectivity index (χ1n) is 8.28. The highest BCUT2D eigenvalue weighted by molar-refractivity contribution is 6.12. The van der Waals surface area contributed by atoms with Gasteiger partial charge in [-0.25, -0.2) is 0 Å². The number of carbonyl (C=O) groups is 1. The molecular formula is C22H24O2. The molecule has 0 N–H and O–H groups in total. The predicted molar refractivity (Wildman–Crippen MR) is 101 cm³/mol. The molecule has 0 fully saturated rings. The van der Waals surface area contributed by atoms with Crippen LogP contribution in [0.1, 0.15) is 37.8 Å². The number of carbonyl (C=O) groups excluding carboxylic acids is 1. The highest BCUT2D eigenvalue weighted by Gasteiger charge is 2.13. The van der Waals surface area contributed by atoms with Crippen molar-refractivity contribution in [3.05, 3.63) is 77.4 Å². The Balaban J connectivity index is 2.55. The highest BCUT2D eigenvalue weighted by Crippen LogP contribution is 2.28. The standard InChI is InChI=1S/C22H24O2/c1-4-5-11-21(17(2)23)22(16-18-9-7-6-8-10-18)19-12-14-20(24-3)15-13-19/h6-16H,4-5H2,1-3H3/b21-11+,22-16+. The summed E-state index contributed by atoms with van der Waals surface area (Å²) < 4.78 is 5.24. The van der Waals surface area contributed by atoms with Gasteiger partial charge in [-0.3, -0.25) is 4.79 Å². The summed E-state index contributed by atoms with van der Waals surface area (Å²) in [5.41, 5.74) is 3.81. The van der Waals surface area contributed by atoms with Gasteiger partial charge in [0.1, 0.15) is 5.75 Å². The lowest BCUT2D eigenvalue weighted by Crippen LogP contribution is -2.01. The molecule has 2 aromatic rings. The van der Waals surface area contributed by atoms with Crippen LogP contribution >= 0.6 is 0 Å². The van der Waals surface area contributed by atoms with Crippen LogP contribution in [0.4, 0.5) is 0 Å². The SMILES string of the molecule is CCC/C=C(C(C)=O)/C(=C/c1ccccc1)c1ccc(OC)cc1. The number of unbranched alkanes of at least 4 members (excludes halogenated alkanes) is 1. The van der Waals surface area contributed by atoms with Crippen LogP contribution in [0, 0.1) is 0 Å². The quantitative estimate of drug-likeness (QED) is 0.380. The van der Waals surface area contributed by atoms with E-state index in [-0.39, 0.29) is 5.78 Å². The predicted octanol–water partition coefficient (Wildman–Crippen LogP) is 5.55. The molecule has 124 valence electrons. The van der Waals surface area contributed by atoms with Gasteiger partial charge in [-0.15, -0.1) is 0 Å². The van der Waals surface area contributed by atoms with E-state index in [1.807, 2.05) is 60.7 Å². The summed E-state index contributed by atoms with van der Waals surface area (Å²) in [5.74, 6) is 0.890. The number of Topliss-reactive ketones (excluding diaryl/α,β-unsaturated/α-hetero) is 1. The fourth-order valence-corrected chi connectivity index (χ4v) is 2.54. The first-order valence-corrected chi connectivity index (χ1v) is 8.28.